The minimum atomic E-state index is -1.13. The van der Waals surface area contributed by atoms with Crippen molar-refractivity contribution in [3.8, 4) is 0 Å². The minimum Gasteiger partial charge on any atom is -0.476 e. The molecule has 1 aromatic rings. The number of carboxylic acid groups (broad SMARTS) is 1. The van der Waals surface area contributed by atoms with Crippen LogP contribution >= 0.6 is 0 Å². The lowest BCUT2D eigenvalue weighted by Gasteiger charge is -2.35. The van der Waals surface area contributed by atoms with E-state index in [-0.39, 0.29) is 5.69 Å². The van der Waals surface area contributed by atoms with E-state index in [1.807, 2.05) is 0 Å². The van der Waals surface area contributed by atoms with Gasteiger partial charge in [0.05, 0.1) is 6.20 Å². The molecule has 1 aromatic heterocycles. The summed E-state index contributed by atoms with van der Waals surface area (Å²) in [7, 11) is 0. The number of rotatable bonds is 2. The molecular weight excluding hydrogens is 210 g/mol. The van der Waals surface area contributed by atoms with E-state index < -0.39 is 11.7 Å². The maximum atomic E-state index is 10.7. The molecule has 2 N–H and O–H groups in total. The molecule has 0 radical (unpaired) electrons. The molecule has 1 heterocycles. The van der Waals surface area contributed by atoms with E-state index in [4.69, 9.17) is 5.11 Å². The van der Waals surface area contributed by atoms with Crippen molar-refractivity contribution in [1.82, 2.24) is 15.0 Å². The van der Waals surface area contributed by atoms with E-state index in [1.165, 1.54) is 10.9 Å². The van der Waals surface area contributed by atoms with Crippen LogP contribution in [-0.4, -0.2) is 31.2 Å². The first kappa shape index (κ1) is 11.1. The molecule has 0 spiro atoms. The molecule has 2 atom stereocenters. The summed E-state index contributed by atoms with van der Waals surface area (Å²) in [5, 5.41) is 26.3. The Morgan fingerprint density at radius 3 is 3.00 bits per heavy atom. The number of carbonyl (C=O) groups is 1. The quantitative estimate of drug-likeness (QED) is 0.778. The number of nitrogens with zero attached hydrogens (tertiary/aromatic N) is 3. The number of aromatic nitrogens is 3. The van der Waals surface area contributed by atoms with Gasteiger partial charge in [-0.25, -0.2) is 9.48 Å². The van der Waals surface area contributed by atoms with Crippen molar-refractivity contribution in [1.29, 1.82) is 0 Å². The summed E-state index contributed by atoms with van der Waals surface area (Å²) in [5.74, 6) is -0.713. The van der Waals surface area contributed by atoms with Crippen molar-refractivity contribution in [2.24, 2.45) is 5.92 Å². The maximum absolute atomic E-state index is 10.7. The molecule has 0 bridgehead atoms. The van der Waals surface area contributed by atoms with Gasteiger partial charge >= 0.3 is 5.97 Å². The molecule has 0 aromatic carbocycles. The summed E-state index contributed by atoms with van der Waals surface area (Å²) in [6.07, 6.45) is 4.48. The van der Waals surface area contributed by atoms with Crippen molar-refractivity contribution >= 4 is 5.97 Å². The zero-order chi connectivity index (χ0) is 11.8. The average molecular weight is 225 g/mol. The Kier molecular flexibility index (Phi) is 2.67. The average Bonchev–Trinajstić information content (AvgIpc) is 2.66. The lowest BCUT2D eigenvalue weighted by molar-refractivity contribution is -0.0940. The van der Waals surface area contributed by atoms with Gasteiger partial charge in [0.25, 0.3) is 0 Å². The zero-order valence-corrected chi connectivity index (χ0v) is 9.13. The second-order valence-corrected chi connectivity index (χ2v) is 4.54. The van der Waals surface area contributed by atoms with Crippen LogP contribution in [0.25, 0.3) is 0 Å². The van der Waals surface area contributed by atoms with E-state index in [1.54, 1.807) is 0 Å². The van der Waals surface area contributed by atoms with Gasteiger partial charge in [-0.3, -0.25) is 0 Å². The Morgan fingerprint density at radius 1 is 1.69 bits per heavy atom. The Morgan fingerprint density at radius 2 is 2.44 bits per heavy atom. The van der Waals surface area contributed by atoms with E-state index in [0.717, 1.165) is 12.8 Å². The van der Waals surface area contributed by atoms with Crippen LogP contribution in [0.4, 0.5) is 0 Å². The van der Waals surface area contributed by atoms with Gasteiger partial charge in [0.15, 0.2) is 11.4 Å². The van der Waals surface area contributed by atoms with Crippen LogP contribution in [-0.2, 0) is 5.72 Å². The second-order valence-electron chi connectivity index (χ2n) is 4.54. The van der Waals surface area contributed by atoms with Crippen LogP contribution in [0.15, 0.2) is 6.20 Å². The predicted octanol–water partition coefficient (Wildman–Crippen LogP) is 0.831. The van der Waals surface area contributed by atoms with E-state index in [0.29, 0.717) is 18.8 Å². The van der Waals surface area contributed by atoms with Crippen molar-refractivity contribution < 1.29 is 15.0 Å². The maximum Gasteiger partial charge on any atom is 0.358 e. The summed E-state index contributed by atoms with van der Waals surface area (Å²) < 4.78 is 1.28. The summed E-state index contributed by atoms with van der Waals surface area (Å²) in [5.41, 5.74) is -1.20. The number of aliphatic hydroxyl groups is 1. The van der Waals surface area contributed by atoms with Gasteiger partial charge in [0, 0.05) is 0 Å². The molecule has 88 valence electrons. The first-order valence-corrected chi connectivity index (χ1v) is 5.40. The molecular formula is C10H15N3O3. The van der Waals surface area contributed by atoms with Crippen molar-refractivity contribution in [3.05, 3.63) is 11.9 Å². The molecule has 6 heteroatoms. The second kappa shape index (κ2) is 3.86. The summed E-state index contributed by atoms with van der Waals surface area (Å²) >= 11 is 0. The van der Waals surface area contributed by atoms with Crippen LogP contribution < -0.4 is 0 Å². The van der Waals surface area contributed by atoms with Crippen molar-refractivity contribution in [2.45, 2.75) is 38.3 Å². The Bertz CT molecular complexity index is 404. The molecule has 0 amide bonds. The molecule has 1 saturated carbocycles. The highest BCUT2D eigenvalue weighted by molar-refractivity contribution is 5.84. The fraction of sp³-hybridized carbons (Fsp3) is 0.700. The van der Waals surface area contributed by atoms with Gasteiger partial charge < -0.3 is 10.2 Å². The number of hydrogen-bond acceptors (Lipinski definition) is 4. The highest BCUT2D eigenvalue weighted by Crippen LogP contribution is 2.35. The molecule has 2 rings (SSSR count). The van der Waals surface area contributed by atoms with Crippen LogP contribution in [0.3, 0.4) is 0 Å². The minimum absolute atomic E-state index is 0.133. The van der Waals surface area contributed by atoms with Gasteiger partial charge in [-0.15, -0.1) is 5.10 Å². The smallest absolute Gasteiger partial charge is 0.358 e. The molecule has 16 heavy (non-hydrogen) atoms. The van der Waals surface area contributed by atoms with Gasteiger partial charge in [-0.05, 0) is 25.2 Å². The van der Waals surface area contributed by atoms with Crippen LogP contribution in [0.5, 0.6) is 0 Å². The number of aromatic carboxylic acids is 1. The summed E-state index contributed by atoms with van der Waals surface area (Å²) in [4.78, 5) is 10.7. The van der Waals surface area contributed by atoms with Crippen molar-refractivity contribution in [3.63, 3.8) is 0 Å². The normalized spacial score (nSPS) is 30.2. The van der Waals surface area contributed by atoms with Gasteiger partial charge in [-0.1, -0.05) is 18.6 Å². The van der Waals surface area contributed by atoms with E-state index >= 15 is 0 Å². The fourth-order valence-corrected chi connectivity index (χ4v) is 2.27. The highest BCUT2D eigenvalue weighted by atomic mass is 16.4. The highest BCUT2D eigenvalue weighted by Gasteiger charge is 2.35. The van der Waals surface area contributed by atoms with Crippen LogP contribution in [0, 0.1) is 5.92 Å². The van der Waals surface area contributed by atoms with E-state index in [2.05, 4.69) is 17.2 Å². The molecule has 1 fully saturated rings. The predicted molar refractivity (Wildman–Crippen MR) is 54.8 cm³/mol. The summed E-state index contributed by atoms with van der Waals surface area (Å²) in [6, 6.07) is 0. The number of hydrogen-bond donors (Lipinski definition) is 2. The van der Waals surface area contributed by atoms with Gasteiger partial charge in [0.1, 0.15) is 0 Å². The third-order valence-electron chi connectivity index (χ3n) is 3.09. The topological polar surface area (TPSA) is 88.2 Å². The van der Waals surface area contributed by atoms with Crippen molar-refractivity contribution in [2.75, 3.05) is 0 Å². The first-order valence-electron chi connectivity index (χ1n) is 5.40. The molecule has 0 saturated heterocycles. The molecule has 1 aliphatic rings. The lowest BCUT2D eigenvalue weighted by Crippen LogP contribution is -2.38. The van der Waals surface area contributed by atoms with Gasteiger partial charge in [0.2, 0.25) is 0 Å². The molecule has 1 aliphatic carbocycles. The molecule has 0 aliphatic heterocycles. The van der Waals surface area contributed by atoms with Crippen LogP contribution in [0.1, 0.15) is 43.1 Å². The SMILES string of the molecule is C[C@H]1CCC[C@@](O)(n2cc(C(=O)O)nn2)C1. The third-order valence-corrected chi connectivity index (χ3v) is 3.09. The standard InChI is InChI=1S/C10H15N3O3/c1-7-3-2-4-10(16,5-7)13-6-8(9(14)15)11-12-13/h6-7,16H,2-5H2,1H3,(H,14,15)/t7-,10-/m0/s1. The Hall–Kier alpha value is -1.43. The largest absolute Gasteiger partial charge is 0.476 e. The van der Waals surface area contributed by atoms with E-state index in [9.17, 15) is 9.90 Å². The monoisotopic (exact) mass is 225 g/mol. The lowest BCUT2D eigenvalue weighted by atomic mass is 9.84. The molecule has 0 unspecified atom stereocenters. The summed E-state index contributed by atoms with van der Waals surface area (Å²) in [6.45, 7) is 2.07. The molecule has 6 nitrogen and oxygen atoms in total. The zero-order valence-electron chi connectivity index (χ0n) is 9.13. The van der Waals surface area contributed by atoms with Crippen LogP contribution in [0.2, 0.25) is 0 Å². The Labute approximate surface area is 92.9 Å². The fourth-order valence-electron chi connectivity index (χ4n) is 2.27. The number of carboxylic acids is 1. The Balaban J connectivity index is 2.24. The van der Waals surface area contributed by atoms with Gasteiger partial charge in [-0.2, -0.15) is 0 Å². The third kappa shape index (κ3) is 1.92. The first-order chi connectivity index (χ1) is 7.51.